The van der Waals surface area contributed by atoms with Crippen LogP contribution >= 0.6 is 24.8 Å². The molecule has 0 aliphatic heterocycles. The third kappa shape index (κ3) is 16.9. The zero-order valence-electron chi connectivity index (χ0n) is 26.0. The van der Waals surface area contributed by atoms with Crippen molar-refractivity contribution in [3.63, 3.8) is 0 Å². The summed E-state index contributed by atoms with van der Waals surface area (Å²) in [5, 5.41) is 37.0. The van der Waals surface area contributed by atoms with Gasteiger partial charge in [-0.25, -0.2) is 9.78 Å². The van der Waals surface area contributed by atoms with Crippen LogP contribution < -0.4 is 27.0 Å². The largest absolute Gasteiger partial charge is 0.481 e. The molecule has 19 heteroatoms. The topological polar surface area (TPSA) is 283 Å². The molecule has 46 heavy (non-hydrogen) atoms. The molecule has 1 aromatic heterocycles. The third-order valence-electron chi connectivity index (χ3n) is 6.29. The third-order valence-corrected chi connectivity index (χ3v) is 6.29. The normalized spacial score (nSPS) is 13.9. The van der Waals surface area contributed by atoms with E-state index in [2.05, 4.69) is 31.2 Å². The van der Waals surface area contributed by atoms with E-state index in [4.69, 9.17) is 15.9 Å². The Morgan fingerprint density at radius 3 is 1.61 bits per heavy atom. The quantitative estimate of drug-likeness (QED) is 0.0840. The van der Waals surface area contributed by atoms with Crippen molar-refractivity contribution in [1.82, 2.24) is 31.2 Å². The van der Waals surface area contributed by atoms with E-state index in [1.165, 1.54) is 12.5 Å². The van der Waals surface area contributed by atoms with Crippen molar-refractivity contribution in [2.75, 3.05) is 0 Å². The molecule has 0 aliphatic rings. The van der Waals surface area contributed by atoms with E-state index in [1.54, 1.807) is 27.7 Å². The molecule has 4 amide bonds. The predicted octanol–water partition coefficient (Wildman–Crippen LogP) is -0.421. The number of hydrogen-bond acceptors (Lipinski definition) is 9. The average molecular weight is 699 g/mol. The molecule has 0 saturated carbocycles. The first kappa shape index (κ1) is 44.2. The van der Waals surface area contributed by atoms with Gasteiger partial charge in [-0.05, 0) is 31.1 Å². The van der Waals surface area contributed by atoms with E-state index in [1.807, 2.05) is 0 Å². The summed E-state index contributed by atoms with van der Waals surface area (Å²) in [4.78, 5) is 92.6. The Morgan fingerprint density at radius 2 is 1.20 bits per heavy atom. The first-order chi connectivity index (χ1) is 20.5. The molecule has 262 valence electrons. The lowest BCUT2D eigenvalue weighted by molar-refractivity contribution is -0.147. The van der Waals surface area contributed by atoms with Crippen LogP contribution in [-0.4, -0.2) is 97.0 Å². The molecule has 0 spiro atoms. The number of hydrogen-bond donors (Lipinski definition) is 9. The van der Waals surface area contributed by atoms with Crippen LogP contribution in [0.2, 0.25) is 0 Å². The van der Waals surface area contributed by atoms with Crippen molar-refractivity contribution in [3.05, 3.63) is 18.2 Å². The maximum Gasteiger partial charge on any atom is 0.326 e. The second-order valence-corrected chi connectivity index (χ2v) is 11.3. The standard InChI is InChI=1S/C27H43N7O10.2ClH/c1-13(2)7-17(31-23(39)16(28)5-6-21(35)36)24(40)33-19(9-15-11-29-12-30-15)26(42)32-18(8-14(3)4)25(41)34-20(27(43)44)10-22(37)38;;/h11-14,16-20H,5-10,28H2,1-4H3,(H,29,30)(H,31,39)(H,32,42)(H,33,40)(H,34,41)(H,35,36)(H,37,38)(H,43,44);2*1H/t16-,17-,18-,19-,20-;;/m0../s1. The van der Waals surface area contributed by atoms with Crippen molar-refractivity contribution in [3.8, 4) is 0 Å². The van der Waals surface area contributed by atoms with Crippen molar-refractivity contribution < 1.29 is 48.9 Å². The summed E-state index contributed by atoms with van der Waals surface area (Å²) >= 11 is 0. The molecule has 0 bridgehead atoms. The van der Waals surface area contributed by atoms with E-state index in [0.717, 1.165) is 0 Å². The van der Waals surface area contributed by atoms with Crippen LogP contribution in [0, 0.1) is 11.8 Å². The van der Waals surface area contributed by atoms with Gasteiger partial charge in [0.2, 0.25) is 23.6 Å². The van der Waals surface area contributed by atoms with Gasteiger partial charge in [0, 0.05) is 24.7 Å². The summed E-state index contributed by atoms with van der Waals surface area (Å²) < 4.78 is 0. The van der Waals surface area contributed by atoms with Crippen LogP contribution in [0.1, 0.15) is 65.5 Å². The molecule has 0 radical (unpaired) electrons. The van der Waals surface area contributed by atoms with Gasteiger partial charge in [-0.15, -0.1) is 24.8 Å². The van der Waals surface area contributed by atoms with Gasteiger partial charge in [-0.1, -0.05) is 27.7 Å². The monoisotopic (exact) mass is 697 g/mol. The molecule has 0 unspecified atom stereocenters. The van der Waals surface area contributed by atoms with Crippen molar-refractivity contribution in [1.29, 1.82) is 0 Å². The molecule has 17 nitrogen and oxygen atoms in total. The van der Waals surface area contributed by atoms with E-state index < -0.39 is 78.2 Å². The van der Waals surface area contributed by atoms with Crippen LogP contribution in [0.15, 0.2) is 12.5 Å². The molecule has 0 fully saturated rings. The fourth-order valence-electron chi connectivity index (χ4n) is 4.11. The summed E-state index contributed by atoms with van der Waals surface area (Å²) in [5.41, 5.74) is 6.24. The minimum atomic E-state index is -1.74. The summed E-state index contributed by atoms with van der Waals surface area (Å²) in [5.74, 6) is -7.63. The number of nitrogens with two attached hydrogens (primary N) is 1. The summed E-state index contributed by atoms with van der Waals surface area (Å²) in [6.45, 7) is 7.11. The Labute approximate surface area is 278 Å². The van der Waals surface area contributed by atoms with Crippen LogP contribution in [-0.2, 0) is 40.0 Å². The van der Waals surface area contributed by atoms with Gasteiger partial charge in [0.05, 0.1) is 18.8 Å². The number of rotatable bonds is 20. The lowest BCUT2D eigenvalue weighted by Crippen LogP contribution is -2.59. The van der Waals surface area contributed by atoms with Gasteiger partial charge >= 0.3 is 17.9 Å². The number of aliphatic carboxylic acids is 3. The summed E-state index contributed by atoms with van der Waals surface area (Å²) in [7, 11) is 0. The van der Waals surface area contributed by atoms with Crippen molar-refractivity contribution in [2.24, 2.45) is 17.6 Å². The molecule has 1 heterocycles. The number of imidazole rings is 1. The van der Waals surface area contributed by atoms with Gasteiger partial charge in [0.25, 0.3) is 0 Å². The number of aromatic nitrogens is 2. The van der Waals surface area contributed by atoms with Gasteiger partial charge in [-0.3, -0.25) is 28.8 Å². The van der Waals surface area contributed by atoms with E-state index in [9.17, 15) is 38.7 Å². The van der Waals surface area contributed by atoms with Crippen LogP contribution in [0.3, 0.4) is 0 Å². The molecule has 10 N–H and O–H groups in total. The lowest BCUT2D eigenvalue weighted by atomic mass is 10.00. The Kier molecular flexibility index (Phi) is 20.9. The Balaban J connectivity index is 0. The Morgan fingerprint density at radius 1 is 0.739 bits per heavy atom. The molecule has 5 atom stereocenters. The summed E-state index contributed by atoms with van der Waals surface area (Å²) in [6, 6.07) is -6.65. The minimum Gasteiger partial charge on any atom is -0.481 e. The number of nitrogens with zero attached hydrogens (tertiary/aromatic N) is 1. The number of H-pyrrole nitrogens is 1. The summed E-state index contributed by atoms with van der Waals surface area (Å²) in [6.07, 6.45) is 1.49. The first-order valence-electron chi connectivity index (χ1n) is 14.1. The molecule has 0 saturated heterocycles. The molecule has 1 aromatic rings. The van der Waals surface area contributed by atoms with Crippen LogP contribution in [0.25, 0.3) is 0 Å². The van der Waals surface area contributed by atoms with E-state index >= 15 is 0 Å². The molecule has 0 aliphatic carbocycles. The van der Waals surface area contributed by atoms with Crippen LogP contribution in [0.5, 0.6) is 0 Å². The highest BCUT2D eigenvalue weighted by atomic mass is 35.5. The van der Waals surface area contributed by atoms with Crippen molar-refractivity contribution >= 4 is 66.4 Å². The number of nitrogens with one attached hydrogen (secondary N) is 5. The number of aromatic amines is 1. The zero-order chi connectivity index (χ0) is 33.6. The number of carbonyl (C=O) groups excluding carboxylic acids is 4. The number of carboxylic acids is 3. The highest BCUT2D eigenvalue weighted by Crippen LogP contribution is 2.10. The van der Waals surface area contributed by atoms with Crippen LogP contribution in [0.4, 0.5) is 0 Å². The first-order valence-corrected chi connectivity index (χ1v) is 14.1. The highest BCUT2D eigenvalue weighted by molar-refractivity contribution is 5.96. The number of carbonyl (C=O) groups is 7. The number of amides is 4. The predicted molar refractivity (Wildman–Crippen MR) is 168 cm³/mol. The lowest BCUT2D eigenvalue weighted by Gasteiger charge is -2.27. The minimum absolute atomic E-state index is 0. The number of halogens is 2. The number of carboxylic acid groups (broad SMARTS) is 3. The Bertz CT molecular complexity index is 1170. The van der Waals surface area contributed by atoms with Crippen molar-refractivity contribution in [2.45, 2.75) is 96.4 Å². The second-order valence-electron chi connectivity index (χ2n) is 11.3. The SMILES string of the molecule is CC(C)C[C@H](NC(=O)[C@H](Cc1cnc[nH]1)NC(=O)[C@H](CC(C)C)NC(=O)[C@@H](N)CCC(=O)O)C(=O)N[C@@H](CC(=O)O)C(=O)O.Cl.Cl. The van der Waals surface area contributed by atoms with Gasteiger partial charge < -0.3 is 47.3 Å². The van der Waals surface area contributed by atoms with E-state index in [0.29, 0.717) is 5.69 Å². The zero-order valence-corrected chi connectivity index (χ0v) is 27.6. The van der Waals surface area contributed by atoms with Gasteiger partial charge in [0.15, 0.2) is 0 Å². The van der Waals surface area contributed by atoms with Gasteiger partial charge in [-0.2, -0.15) is 0 Å². The second kappa shape index (κ2) is 21.7. The fourth-order valence-corrected chi connectivity index (χ4v) is 4.11. The van der Waals surface area contributed by atoms with Gasteiger partial charge in [0.1, 0.15) is 24.2 Å². The molecule has 0 aromatic carbocycles. The maximum absolute atomic E-state index is 13.5. The molecule has 1 rings (SSSR count). The molecular formula is C27H45Cl2N7O10. The molecular weight excluding hydrogens is 653 g/mol. The average Bonchev–Trinajstić information content (AvgIpc) is 3.42. The van der Waals surface area contributed by atoms with E-state index in [-0.39, 0.29) is 68.8 Å². The highest BCUT2D eigenvalue weighted by Gasteiger charge is 2.33. The fraction of sp³-hybridized carbons (Fsp3) is 0.630. The maximum atomic E-state index is 13.5. The smallest absolute Gasteiger partial charge is 0.326 e. The Hall–Kier alpha value is -3.96.